The van der Waals surface area contributed by atoms with E-state index in [4.69, 9.17) is 4.74 Å². The van der Waals surface area contributed by atoms with E-state index in [9.17, 15) is 0 Å². The number of benzene rings is 1. The van der Waals surface area contributed by atoms with Crippen LogP contribution < -0.4 is 4.74 Å². The molecule has 1 aromatic carbocycles. The average molecular weight is 279 g/mol. The number of nitrogens with zero attached hydrogens (tertiary/aromatic N) is 3. The number of pyridine rings is 1. The molecule has 0 saturated heterocycles. The van der Waals surface area contributed by atoms with Gasteiger partial charge >= 0.3 is 0 Å². The number of aryl methyl sites for hydroxylation is 1. The monoisotopic (exact) mass is 279 g/mol. The lowest BCUT2D eigenvalue weighted by Crippen LogP contribution is -2.06. The molecular formula is C17H17N3O. The number of imidazole rings is 1. The van der Waals surface area contributed by atoms with E-state index >= 15 is 0 Å². The van der Waals surface area contributed by atoms with Crippen LogP contribution >= 0.6 is 0 Å². The Hall–Kier alpha value is -2.62. The Bertz CT molecular complexity index is 708. The van der Waals surface area contributed by atoms with Gasteiger partial charge in [0.15, 0.2) is 0 Å². The Morgan fingerprint density at radius 2 is 2.00 bits per heavy atom. The van der Waals surface area contributed by atoms with Crippen molar-refractivity contribution >= 4 is 0 Å². The highest BCUT2D eigenvalue weighted by molar-refractivity contribution is 5.65. The van der Waals surface area contributed by atoms with Crippen molar-refractivity contribution in [3.05, 3.63) is 67.0 Å². The van der Waals surface area contributed by atoms with E-state index in [1.165, 1.54) is 0 Å². The van der Waals surface area contributed by atoms with Crippen molar-refractivity contribution in [2.45, 2.75) is 13.5 Å². The zero-order valence-electron chi connectivity index (χ0n) is 11.9. The van der Waals surface area contributed by atoms with Gasteiger partial charge in [-0.15, -0.1) is 0 Å². The van der Waals surface area contributed by atoms with Crippen LogP contribution in [0.5, 0.6) is 5.75 Å². The first kappa shape index (κ1) is 13.4. The largest absolute Gasteiger partial charge is 0.492 e. The third-order valence-corrected chi connectivity index (χ3v) is 3.24. The minimum Gasteiger partial charge on any atom is -0.492 e. The van der Waals surface area contributed by atoms with Gasteiger partial charge in [-0.1, -0.05) is 12.1 Å². The van der Waals surface area contributed by atoms with Gasteiger partial charge in [0.25, 0.3) is 0 Å². The number of ether oxygens (including phenoxy) is 1. The minimum absolute atomic E-state index is 0.620. The summed E-state index contributed by atoms with van der Waals surface area (Å²) in [5.74, 6) is 0.877. The first-order valence-electron chi connectivity index (χ1n) is 6.93. The summed E-state index contributed by atoms with van der Waals surface area (Å²) < 4.78 is 7.80. The maximum Gasteiger partial charge on any atom is 0.120 e. The number of hydrogen-bond donors (Lipinski definition) is 0. The zero-order valence-corrected chi connectivity index (χ0v) is 11.9. The highest BCUT2D eigenvalue weighted by atomic mass is 16.5. The third-order valence-electron chi connectivity index (χ3n) is 3.24. The molecule has 2 heterocycles. The molecular weight excluding hydrogens is 262 g/mol. The smallest absolute Gasteiger partial charge is 0.120 e. The van der Waals surface area contributed by atoms with E-state index in [1.807, 2.05) is 42.1 Å². The molecule has 0 amide bonds. The lowest BCUT2D eigenvalue weighted by atomic mass is 10.1. The Labute approximate surface area is 124 Å². The van der Waals surface area contributed by atoms with Crippen LogP contribution in [0.1, 0.15) is 5.69 Å². The predicted octanol–water partition coefficient (Wildman–Crippen LogP) is 3.33. The predicted molar refractivity (Wildman–Crippen MR) is 82.1 cm³/mol. The molecule has 3 aromatic rings. The zero-order chi connectivity index (χ0) is 14.5. The number of aromatic nitrogens is 3. The van der Waals surface area contributed by atoms with Crippen molar-refractivity contribution in [1.29, 1.82) is 0 Å². The maximum absolute atomic E-state index is 5.81. The molecule has 0 atom stereocenters. The van der Waals surface area contributed by atoms with Crippen molar-refractivity contribution < 1.29 is 4.74 Å². The molecule has 21 heavy (non-hydrogen) atoms. The minimum atomic E-state index is 0.620. The Kier molecular flexibility index (Phi) is 3.96. The maximum atomic E-state index is 5.81. The van der Waals surface area contributed by atoms with Gasteiger partial charge in [0.1, 0.15) is 12.4 Å². The van der Waals surface area contributed by atoms with Crippen LogP contribution in [0, 0.1) is 6.92 Å². The van der Waals surface area contributed by atoms with Crippen LogP contribution in [0.15, 0.2) is 61.3 Å². The molecule has 4 heteroatoms. The number of hydrogen-bond acceptors (Lipinski definition) is 3. The van der Waals surface area contributed by atoms with Crippen LogP contribution in [0.3, 0.4) is 0 Å². The first-order valence-corrected chi connectivity index (χ1v) is 6.93. The highest BCUT2D eigenvalue weighted by Crippen LogP contribution is 2.23. The summed E-state index contributed by atoms with van der Waals surface area (Å²) in [6.07, 6.45) is 7.32. The lowest BCUT2D eigenvalue weighted by Gasteiger charge is -2.09. The van der Waals surface area contributed by atoms with Crippen molar-refractivity contribution in [3.63, 3.8) is 0 Å². The molecule has 0 aliphatic carbocycles. The molecule has 3 rings (SSSR count). The molecule has 2 aromatic heterocycles. The van der Waals surface area contributed by atoms with E-state index in [0.29, 0.717) is 6.61 Å². The van der Waals surface area contributed by atoms with Gasteiger partial charge in [0.05, 0.1) is 12.9 Å². The molecule has 0 N–H and O–H groups in total. The van der Waals surface area contributed by atoms with E-state index in [0.717, 1.165) is 29.1 Å². The molecule has 0 fully saturated rings. The Morgan fingerprint density at radius 3 is 2.81 bits per heavy atom. The summed E-state index contributed by atoms with van der Waals surface area (Å²) >= 11 is 0. The molecule has 0 unspecified atom stereocenters. The Morgan fingerprint density at radius 1 is 1.10 bits per heavy atom. The van der Waals surface area contributed by atoms with Crippen LogP contribution in [0.4, 0.5) is 0 Å². The molecule has 0 saturated carbocycles. The first-order chi connectivity index (χ1) is 10.3. The number of rotatable bonds is 5. The Balaban J connectivity index is 1.68. The normalized spacial score (nSPS) is 10.5. The summed E-state index contributed by atoms with van der Waals surface area (Å²) in [6, 6.07) is 12.2. The van der Waals surface area contributed by atoms with E-state index < -0.39 is 0 Å². The summed E-state index contributed by atoms with van der Waals surface area (Å²) in [6.45, 7) is 3.41. The molecule has 0 radical (unpaired) electrons. The molecule has 0 aliphatic heterocycles. The second-order valence-corrected chi connectivity index (χ2v) is 4.86. The fraction of sp³-hybridized carbons (Fsp3) is 0.176. The summed E-state index contributed by atoms with van der Waals surface area (Å²) in [5, 5.41) is 0. The highest BCUT2D eigenvalue weighted by Gasteiger charge is 2.01. The SMILES string of the molecule is Cc1cc(-c2cccc(OCCn3ccnc3)c2)ccn1. The molecule has 0 bridgehead atoms. The average Bonchev–Trinajstić information content (AvgIpc) is 3.01. The van der Waals surface area contributed by atoms with Crippen molar-refractivity contribution in [2.24, 2.45) is 0 Å². The van der Waals surface area contributed by atoms with Crippen LogP contribution in [-0.2, 0) is 6.54 Å². The molecule has 0 spiro atoms. The van der Waals surface area contributed by atoms with E-state index in [2.05, 4.69) is 28.2 Å². The van der Waals surface area contributed by atoms with Gasteiger partial charge in [-0.25, -0.2) is 4.98 Å². The van der Waals surface area contributed by atoms with Gasteiger partial charge in [-0.05, 0) is 42.3 Å². The van der Waals surface area contributed by atoms with E-state index in [-0.39, 0.29) is 0 Å². The van der Waals surface area contributed by atoms with Gasteiger partial charge in [0, 0.05) is 24.3 Å². The lowest BCUT2D eigenvalue weighted by molar-refractivity contribution is 0.298. The second-order valence-electron chi connectivity index (χ2n) is 4.86. The molecule has 106 valence electrons. The van der Waals surface area contributed by atoms with Gasteiger partial charge < -0.3 is 9.30 Å². The second kappa shape index (κ2) is 6.22. The molecule has 0 aliphatic rings. The van der Waals surface area contributed by atoms with Crippen molar-refractivity contribution in [1.82, 2.24) is 14.5 Å². The van der Waals surface area contributed by atoms with Crippen LogP contribution in [0.2, 0.25) is 0 Å². The summed E-state index contributed by atoms with van der Waals surface area (Å²) in [7, 11) is 0. The fourth-order valence-electron chi connectivity index (χ4n) is 2.18. The van der Waals surface area contributed by atoms with Crippen molar-refractivity contribution in [2.75, 3.05) is 6.61 Å². The summed E-state index contributed by atoms with van der Waals surface area (Å²) in [4.78, 5) is 8.24. The van der Waals surface area contributed by atoms with Crippen molar-refractivity contribution in [3.8, 4) is 16.9 Å². The van der Waals surface area contributed by atoms with Gasteiger partial charge in [-0.3, -0.25) is 4.98 Å². The fourth-order valence-corrected chi connectivity index (χ4v) is 2.18. The van der Waals surface area contributed by atoms with Gasteiger partial charge in [-0.2, -0.15) is 0 Å². The topological polar surface area (TPSA) is 39.9 Å². The third kappa shape index (κ3) is 3.48. The summed E-state index contributed by atoms with van der Waals surface area (Å²) in [5.41, 5.74) is 3.31. The van der Waals surface area contributed by atoms with Crippen LogP contribution in [0.25, 0.3) is 11.1 Å². The van der Waals surface area contributed by atoms with Gasteiger partial charge in [0.2, 0.25) is 0 Å². The van der Waals surface area contributed by atoms with Crippen LogP contribution in [-0.4, -0.2) is 21.1 Å². The quantitative estimate of drug-likeness (QED) is 0.719. The standard InChI is InChI=1S/C17H17N3O/c1-14-11-16(5-6-19-14)15-3-2-4-17(12-15)21-10-9-20-8-7-18-13-20/h2-8,11-13H,9-10H2,1H3. The molecule has 4 nitrogen and oxygen atoms in total. The van der Waals surface area contributed by atoms with E-state index in [1.54, 1.807) is 12.5 Å².